The SMILES string of the molecule is CCCCCCCC/C(C)=C/I. The highest BCUT2D eigenvalue weighted by Crippen LogP contribution is 2.12. The summed E-state index contributed by atoms with van der Waals surface area (Å²) < 4.78 is 2.20. The maximum Gasteiger partial charge on any atom is -0.0245 e. The monoisotopic (exact) mass is 280 g/mol. The van der Waals surface area contributed by atoms with Crippen LogP contribution in [0.3, 0.4) is 0 Å². The average molecular weight is 280 g/mol. The van der Waals surface area contributed by atoms with E-state index in [-0.39, 0.29) is 0 Å². The van der Waals surface area contributed by atoms with Gasteiger partial charge in [-0.15, -0.1) is 0 Å². The molecular formula is C11H21I. The van der Waals surface area contributed by atoms with Crippen molar-refractivity contribution in [1.29, 1.82) is 0 Å². The third kappa shape index (κ3) is 8.57. The number of hydrogen-bond acceptors (Lipinski definition) is 0. The smallest absolute Gasteiger partial charge is 0.0245 e. The van der Waals surface area contributed by atoms with E-state index < -0.39 is 0 Å². The summed E-state index contributed by atoms with van der Waals surface area (Å²) in [4.78, 5) is 0. The van der Waals surface area contributed by atoms with Crippen LogP contribution in [-0.2, 0) is 0 Å². The van der Waals surface area contributed by atoms with Gasteiger partial charge in [0.25, 0.3) is 0 Å². The molecule has 72 valence electrons. The van der Waals surface area contributed by atoms with Crippen LogP contribution < -0.4 is 0 Å². The Labute approximate surface area is 91.0 Å². The third-order valence-corrected chi connectivity index (χ3v) is 3.17. The molecule has 0 aromatic carbocycles. The molecule has 0 bridgehead atoms. The summed E-state index contributed by atoms with van der Waals surface area (Å²) in [6, 6.07) is 0. The van der Waals surface area contributed by atoms with Crippen molar-refractivity contribution < 1.29 is 0 Å². The van der Waals surface area contributed by atoms with E-state index in [1.54, 1.807) is 0 Å². The summed E-state index contributed by atoms with van der Waals surface area (Å²) in [5.74, 6) is 0. The summed E-state index contributed by atoms with van der Waals surface area (Å²) in [6.07, 6.45) is 9.74. The first-order valence-electron chi connectivity index (χ1n) is 5.07. The first-order chi connectivity index (χ1) is 5.81. The van der Waals surface area contributed by atoms with Gasteiger partial charge in [0, 0.05) is 0 Å². The molecule has 0 nitrogen and oxygen atoms in total. The summed E-state index contributed by atoms with van der Waals surface area (Å²) in [6.45, 7) is 4.49. The maximum atomic E-state index is 2.33. The molecule has 0 saturated carbocycles. The second-order valence-electron chi connectivity index (χ2n) is 3.47. The van der Waals surface area contributed by atoms with Crippen LogP contribution in [0, 0.1) is 0 Å². The number of unbranched alkanes of at least 4 members (excludes halogenated alkanes) is 5. The van der Waals surface area contributed by atoms with Gasteiger partial charge in [0.2, 0.25) is 0 Å². The fourth-order valence-corrected chi connectivity index (χ4v) is 1.55. The summed E-state index contributed by atoms with van der Waals surface area (Å²) in [7, 11) is 0. The highest BCUT2D eigenvalue weighted by Gasteiger charge is 1.91. The lowest BCUT2D eigenvalue weighted by Gasteiger charge is -2.00. The van der Waals surface area contributed by atoms with Gasteiger partial charge in [-0.05, 0) is 23.8 Å². The summed E-state index contributed by atoms with van der Waals surface area (Å²) in [5.41, 5.74) is 1.53. The Morgan fingerprint density at radius 3 is 2.25 bits per heavy atom. The van der Waals surface area contributed by atoms with E-state index in [0.717, 1.165) is 0 Å². The molecule has 0 aliphatic rings. The molecule has 0 heterocycles. The van der Waals surface area contributed by atoms with Crippen LogP contribution in [0.25, 0.3) is 0 Å². The third-order valence-electron chi connectivity index (χ3n) is 2.11. The predicted molar refractivity (Wildman–Crippen MR) is 65.8 cm³/mol. The van der Waals surface area contributed by atoms with E-state index in [4.69, 9.17) is 0 Å². The predicted octanol–water partition coefficient (Wildman–Crippen LogP) is 5.08. The van der Waals surface area contributed by atoms with Crippen molar-refractivity contribution >= 4 is 22.6 Å². The lowest BCUT2D eigenvalue weighted by atomic mass is 10.1. The highest BCUT2D eigenvalue weighted by molar-refractivity contribution is 14.1. The zero-order chi connectivity index (χ0) is 9.23. The molecule has 0 aromatic rings. The Kier molecular flexibility index (Phi) is 9.93. The van der Waals surface area contributed by atoms with Crippen molar-refractivity contribution in [2.45, 2.75) is 58.8 Å². The topological polar surface area (TPSA) is 0 Å². The van der Waals surface area contributed by atoms with Crippen LogP contribution in [0.2, 0.25) is 0 Å². The van der Waals surface area contributed by atoms with Crippen molar-refractivity contribution in [3.05, 3.63) is 9.66 Å². The Bertz CT molecular complexity index is 116. The largest absolute Gasteiger partial charge is 0.0673 e. The minimum absolute atomic E-state index is 1.30. The van der Waals surface area contributed by atoms with Crippen molar-refractivity contribution in [2.24, 2.45) is 0 Å². The van der Waals surface area contributed by atoms with E-state index >= 15 is 0 Å². The van der Waals surface area contributed by atoms with E-state index in [1.165, 1.54) is 50.5 Å². The number of rotatable bonds is 7. The highest BCUT2D eigenvalue weighted by atomic mass is 127. The van der Waals surface area contributed by atoms with Crippen LogP contribution >= 0.6 is 22.6 Å². The molecule has 0 aliphatic heterocycles. The molecule has 12 heavy (non-hydrogen) atoms. The van der Waals surface area contributed by atoms with Crippen LogP contribution in [-0.4, -0.2) is 0 Å². The molecular weight excluding hydrogens is 259 g/mol. The van der Waals surface area contributed by atoms with Crippen molar-refractivity contribution in [2.75, 3.05) is 0 Å². The minimum atomic E-state index is 1.30. The van der Waals surface area contributed by atoms with E-state index in [0.29, 0.717) is 0 Å². The maximum absolute atomic E-state index is 2.33. The standard InChI is InChI=1S/C11H21I/c1-3-4-5-6-7-8-9-11(2)10-12/h10H,3-9H2,1-2H3/b11-10+. The number of allylic oxidation sites excluding steroid dienone is 1. The van der Waals surface area contributed by atoms with Gasteiger partial charge in [0.05, 0.1) is 0 Å². The van der Waals surface area contributed by atoms with Gasteiger partial charge in [-0.2, -0.15) is 0 Å². The molecule has 0 spiro atoms. The number of halogens is 1. The molecule has 0 fully saturated rings. The molecule has 0 aromatic heterocycles. The molecule has 1 heteroatoms. The Hall–Kier alpha value is 0.470. The number of hydrogen-bond donors (Lipinski definition) is 0. The fourth-order valence-electron chi connectivity index (χ4n) is 1.24. The second kappa shape index (κ2) is 9.56. The van der Waals surface area contributed by atoms with Gasteiger partial charge < -0.3 is 0 Å². The lowest BCUT2D eigenvalue weighted by molar-refractivity contribution is 0.606. The van der Waals surface area contributed by atoms with Gasteiger partial charge in [-0.25, -0.2) is 0 Å². The second-order valence-corrected chi connectivity index (χ2v) is 4.10. The van der Waals surface area contributed by atoms with E-state index in [1.807, 2.05) is 0 Å². The summed E-state index contributed by atoms with van der Waals surface area (Å²) >= 11 is 2.33. The van der Waals surface area contributed by atoms with Crippen molar-refractivity contribution in [3.63, 3.8) is 0 Å². The van der Waals surface area contributed by atoms with Crippen molar-refractivity contribution in [3.8, 4) is 0 Å². The van der Waals surface area contributed by atoms with Crippen LogP contribution in [0.1, 0.15) is 58.8 Å². The van der Waals surface area contributed by atoms with Crippen LogP contribution in [0.5, 0.6) is 0 Å². The van der Waals surface area contributed by atoms with Crippen LogP contribution in [0.4, 0.5) is 0 Å². The Morgan fingerprint density at radius 2 is 1.67 bits per heavy atom. The molecule has 0 rings (SSSR count). The van der Waals surface area contributed by atoms with E-state index in [9.17, 15) is 0 Å². The molecule has 0 aliphatic carbocycles. The van der Waals surface area contributed by atoms with Gasteiger partial charge in [-0.1, -0.05) is 67.2 Å². The minimum Gasteiger partial charge on any atom is -0.0673 e. The quantitative estimate of drug-likeness (QED) is 0.451. The molecule has 0 unspecified atom stereocenters. The van der Waals surface area contributed by atoms with Crippen molar-refractivity contribution in [1.82, 2.24) is 0 Å². The lowest BCUT2D eigenvalue weighted by Crippen LogP contribution is -1.80. The van der Waals surface area contributed by atoms with Gasteiger partial charge >= 0.3 is 0 Å². The zero-order valence-electron chi connectivity index (χ0n) is 8.41. The van der Waals surface area contributed by atoms with Gasteiger partial charge in [-0.3, -0.25) is 0 Å². The van der Waals surface area contributed by atoms with Crippen LogP contribution in [0.15, 0.2) is 9.66 Å². The molecule has 0 radical (unpaired) electrons. The first kappa shape index (κ1) is 12.5. The molecule has 0 amide bonds. The first-order valence-corrected chi connectivity index (χ1v) is 6.31. The molecule has 0 saturated heterocycles. The fraction of sp³-hybridized carbons (Fsp3) is 0.818. The molecule has 0 atom stereocenters. The Morgan fingerprint density at radius 1 is 1.08 bits per heavy atom. The zero-order valence-corrected chi connectivity index (χ0v) is 10.6. The molecule has 0 N–H and O–H groups in total. The normalized spacial score (nSPS) is 12.1. The van der Waals surface area contributed by atoms with E-state index in [2.05, 4.69) is 40.5 Å². The Balaban J connectivity index is 3.00. The van der Waals surface area contributed by atoms with Gasteiger partial charge in [0.1, 0.15) is 0 Å². The average Bonchev–Trinajstić information content (AvgIpc) is 2.10. The van der Waals surface area contributed by atoms with Gasteiger partial charge in [0.15, 0.2) is 0 Å². The summed E-state index contributed by atoms with van der Waals surface area (Å²) in [5, 5.41) is 0.